The Morgan fingerprint density at radius 2 is 1.27 bits per heavy atom. The first-order valence-electron chi connectivity index (χ1n) is 5.12. The molecule has 0 bridgehead atoms. The molecule has 0 aliphatic heterocycles. The van der Waals surface area contributed by atoms with E-state index in [0.717, 1.165) is 0 Å². The van der Waals surface area contributed by atoms with Crippen molar-refractivity contribution in [1.82, 2.24) is 0 Å². The van der Waals surface area contributed by atoms with Gasteiger partial charge in [0.1, 0.15) is 5.78 Å². The summed E-state index contributed by atoms with van der Waals surface area (Å²) < 4.78 is 23.3. The van der Waals surface area contributed by atoms with Crippen LogP contribution in [0.4, 0.5) is 0 Å². The standard InChI is InChI=1S/C10H24NO3P/c1-8(11)15(12,13-9(2,3)4)14-10(5,6)7/h8H,11H2,1-7H3/t8-/m0/s1. The van der Waals surface area contributed by atoms with E-state index in [1.165, 1.54) is 0 Å². The van der Waals surface area contributed by atoms with Gasteiger partial charge in [-0.05, 0) is 48.5 Å². The predicted octanol–water partition coefficient (Wildman–Crippen LogP) is 3.11. The van der Waals surface area contributed by atoms with Gasteiger partial charge in [-0.25, -0.2) is 0 Å². The molecule has 0 aromatic heterocycles. The average Bonchev–Trinajstić information content (AvgIpc) is 1.75. The van der Waals surface area contributed by atoms with Crippen molar-refractivity contribution in [2.24, 2.45) is 5.73 Å². The lowest BCUT2D eigenvalue weighted by Crippen LogP contribution is -2.30. The molecule has 0 fully saturated rings. The Hall–Kier alpha value is 0.110. The molecule has 0 radical (unpaired) electrons. The van der Waals surface area contributed by atoms with Gasteiger partial charge < -0.3 is 14.8 Å². The molecule has 0 unspecified atom stereocenters. The third kappa shape index (κ3) is 6.31. The first-order valence-corrected chi connectivity index (χ1v) is 6.74. The molecule has 0 rings (SSSR count). The second-order valence-corrected chi connectivity index (χ2v) is 7.95. The Balaban J connectivity index is 4.86. The van der Waals surface area contributed by atoms with E-state index < -0.39 is 24.6 Å². The summed E-state index contributed by atoms with van der Waals surface area (Å²) in [4.78, 5) is 0. The van der Waals surface area contributed by atoms with E-state index in [9.17, 15) is 4.57 Å². The van der Waals surface area contributed by atoms with E-state index in [2.05, 4.69) is 0 Å². The van der Waals surface area contributed by atoms with Gasteiger partial charge in [-0.3, -0.25) is 4.57 Å². The summed E-state index contributed by atoms with van der Waals surface area (Å²) in [6.45, 7) is 12.6. The Bertz CT molecular complexity index is 230. The number of rotatable bonds is 3. The maximum atomic E-state index is 12.4. The first kappa shape index (κ1) is 15.1. The topological polar surface area (TPSA) is 61.6 Å². The lowest BCUT2D eigenvalue weighted by molar-refractivity contribution is 0.0458. The van der Waals surface area contributed by atoms with E-state index in [0.29, 0.717) is 0 Å². The summed E-state index contributed by atoms with van der Waals surface area (Å²) in [5.74, 6) is -0.629. The van der Waals surface area contributed by atoms with Gasteiger partial charge in [0.25, 0.3) is 0 Å². The van der Waals surface area contributed by atoms with Crippen molar-refractivity contribution in [3.8, 4) is 0 Å². The molecular formula is C10H24NO3P. The second-order valence-electron chi connectivity index (χ2n) is 5.69. The third-order valence-electron chi connectivity index (χ3n) is 1.30. The zero-order valence-electron chi connectivity index (χ0n) is 10.8. The highest BCUT2D eigenvalue weighted by atomic mass is 31.2. The van der Waals surface area contributed by atoms with Crippen molar-refractivity contribution < 1.29 is 13.6 Å². The zero-order chi connectivity index (χ0) is 12.5. The second kappa shape index (κ2) is 4.54. The lowest BCUT2D eigenvalue weighted by Gasteiger charge is -2.33. The van der Waals surface area contributed by atoms with Gasteiger partial charge >= 0.3 is 7.60 Å². The average molecular weight is 237 g/mol. The molecule has 2 N–H and O–H groups in total. The SMILES string of the molecule is C[C@@H](N)P(=O)(OC(C)(C)C)OC(C)(C)C. The van der Waals surface area contributed by atoms with Crippen LogP contribution in [-0.4, -0.2) is 17.0 Å². The Morgan fingerprint density at radius 1 is 1.00 bits per heavy atom. The molecule has 0 heterocycles. The van der Waals surface area contributed by atoms with Gasteiger partial charge in [-0.2, -0.15) is 0 Å². The van der Waals surface area contributed by atoms with E-state index >= 15 is 0 Å². The Kier molecular flexibility index (Phi) is 4.57. The zero-order valence-corrected chi connectivity index (χ0v) is 11.7. The molecule has 5 heteroatoms. The summed E-state index contributed by atoms with van der Waals surface area (Å²) >= 11 is 0. The monoisotopic (exact) mass is 237 g/mol. The van der Waals surface area contributed by atoms with Crippen LogP contribution in [0.3, 0.4) is 0 Å². The van der Waals surface area contributed by atoms with Gasteiger partial charge in [0, 0.05) is 0 Å². The molecule has 0 spiro atoms. The molecule has 0 aromatic rings. The summed E-state index contributed by atoms with van der Waals surface area (Å²) in [6, 6.07) is 0. The summed E-state index contributed by atoms with van der Waals surface area (Å²) in [5, 5.41) is 0. The van der Waals surface area contributed by atoms with Crippen LogP contribution in [0.5, 0.6) is 0 Å². The van der Waals surface area contributed by atoms with E-state index in [1.54, 1.807) is 6.92 Å². The molecule has 15 heavy (non-hydrogen) atoms. The van der Waals surface area contributed by atoms with Crippen LogP contribution in [0.1, 0.15) is 48.5 Å². The molecule has 0 saturated carbocycles. The highest BCUT2D eigenvalue weighted by molar-refractivity contribution is 7.54. The fourth-order valence-corrected chi connectivity index (χ4v) is 2.85. The maximum Gasteiger partial charge on any atom is 0.347 e. The van der Waals surface area contributed by atoms with Crippen LogP contribution in [-0.2, 0) is 13.6 Å². The lowest BCUT2D eigenvalue weighted by atomic mass is 10.2. The van der Waals surface area contributed by atoms with Crippen LogP contribution < -0.4 is 5.73 Å². The summed E-state index contributed by atoms with van der Waals surface area (Å²) in [5.41, 5.74) is 4.61. The molecule has 0 saturated heterocycles. The minimum Gasteiger partial charge on any atom is -0.318 e. The normalized spacial score (nSPS) is 16.5. The van der Waals surface area contributed by atoms with Gasteiger partial charge in [0.15, 0.2) is 0 Å². The molecular weight excluding hydrogens is 213 g/mol. The Morgan fingerprint density at radius 3 is 1.40 bits per heavy atom. The third-order valence-corrected chi connectivity index (χ3v) is 3.90. The molecule has 1 atom stereocenters. The van der Waals surface area contributed by atoms with Crippen molar-refractivity contribution in [1.29, 1.82) is 0 Å². The smallest absolute Gasteiger partial charge is 0.318 e. The highest BCUT2D eigenvalue weighted by Gasteiger charge is 2.38. The maximum absolute atomic E-state index is 12.4. The molecule has 0 aliphatic carbocycles. The molecule has 0 aliphatic rings. The minimum absolute atomic E-state index is 0.533. The van der Waals surface area contributed by atoms with Gasteiger partial charge in [-0.1, -0.05) is 0 Å². The van der Waals surface area contributed by atoms with Crippen LogP contribution in [0, 0.1) is 0 Å². The summed E-state index contributed by atoms with van der Waals surface area (Å²) in [7, 11) is -3.26. The number of hydrogen-bond acceptors (Lipinski definition) is 4. The van der Waals surface area contributed by atoms with Gasteiger partial charge in [0.2, 0.25) is 0 Å². The largest absolute Gasteiger partial charge is 0.347 e. The van der Waals surface area contributed by atoms with E-state index in [-0.39, 0.29) is 0 Å². The highest BCUT2D eigenvalue weighted by Crippen LogP contribution is 2.56. The number of hydrogen-bond donors (Lipinski definition) is 1. The molecule has 4 nitrogen and oxygen atoms in total. The van der Waals surface area contributed by atoms with Crippen molar-refractivity contribution in [2.45, 2.75) is 65.5 Å². The van der Waals surface area contributed by atoms with Crippen LogP contribution in [0.15, 0.2) is 0 Å². The van der Waals surface area contributed by atoms with Crippen LogP contribution in [0.2, 0.25) is 0 Å². The van der Waals surface area contributed by atoms with E-state index in [4.69, 9.17) is 14.8 Å². The van der Waals surface area contributed by atoms with Gasteiger partial charge in [0.05, 0.1) is 11.2 Å². The van der Waals surface area contributed by atoms with Crippen LogP contribution >= 0.6 is 7.60 Å². The molecule has 92 valence electrons. The van der Waals surface area contributed by atoms with Crippen molar-refractivity contribution in [2.75, 3.05) is 0 Å². The van der Waals surface area contributed by atoms with Crippen molar-refractivity contribution >= 4 is 7.60 Å². The molecule has 0 aromatic carbocycles. The Labute approximate surface area is 93.1 Å². The fraction of sp³-hybridized carbons (Fsp3) is 1.00. The van der Waals surface area contributed by atoms with Crippen molar-refractivity contribution in [3.05, 3.63) is 0 Å². The number of nitrogens with two attached hydrogens (primary N) is 1. The van der Waals surface area contributed by atoms with E-state index in [1.807, 2.05) is 41.5 Å². The van der Waals surface area contributed by atoms with Crippen LogP contribution in [0.25, 0.3) is 0 Å². The minimum atomic E-state index is -3.26. The van der Waals surface area contributed by atoms with Crippen molar-refractivity contribution in [3.63, 3.8) is 0 Å². The molecule has 0 amide bonds. The predicted molar refractivity (Wildman–Crippen MR) is 62.9 cm³/mol. The quantitative estimate of drug-likeness (QED) is 0.766. The van der Waals surface area contributed by atoms with Gasteiger partial charge in [-0.15, -0.1) is 0 Å². The first-order chi connectivity index (χ1) is 6.36. The fourth-order valence-electron chi connectivity index (χ4n) is 0.948. The summed E-state index contributed by atoms with van der Waals surface area (Å²) in [6.07, 6.45) is 0.